The van der Waals surface area contributed by atoms with Gasteiger partial charge in [0, 0.05) is 11.4 Å². The number of carbonyl (C=O) groups is 1. The second-order valence-electron chi connectivity index (χ2n) is 5.38. The summed E-state index contributed by atoms with van der Waals surface area (Å²) in [4.78, 5) is 12.2. The van der Waals surface area contributed by atoms with Gasteiger partial charge in [0.15, 0.2) is 0 Å². The maximum atomic E-state index is 12.2. The molecule has 116 valence electrons. The Bertz CT molecular complexity index is 650. The highest BCUT2D eigenvalue weighted by Gasteiger charge is 2.08. The van der Waals surface area contributed by atoms with E-state index in [1.807, 2.05) is 24.3 Å². The summed E-state index contributed by atoms with van der Waals surface area (Å²) in [5, 5.41) is 6.27. The van der Waals surface area contributed by atoms with Crippen molar-refractivity contribution >= 4 is 17.3 Å². The van der Waals surface area contributed by atoms with Gasteiger partial charge in [-0.1, -0.05) is 50.2 Å². The second-order valence-corrected chi connectivity index (χ2v) is 5.38. The summed E-state index contributed by atoms with van der Waals surface area (Å²) in [6.07, 6.45) is 1.85. The van der Waals surface area contributed by atoms with Crippen molar-refractivity contribution in [3.63, 3.8) is 0 Å². The lowest BCUT2D eigenvalue weighted by Gasteiger charge is -2.15. The van der Waals surface area contributed by atoms with Gasteiger partial charge in [-0.15, -0.1) is 0 Å². The van der Waals surface area contributed by atoms with E-state index in [1.165, 1.54) is 11.1 Å². The smallest absolute Gasteiger partial charge is 0.243 e. The van der Waals surface area contributed by atoms with Gasteiger partial charge < -0.3 is 10.6 Å². The van der Waals surface area contributed by atoms with Gasteiger partial charge in [-0.05, 0) is 42.5 Å². The number of nitrogens with one attached hydrogen (secondary N) is 2. The van der Waals surface area contributed by atoms with Crippen molar-refractivity contribution in [3.05, 3.63) is 59.2 Å². The molecule has 0 aromatic heterocycles. The van der Waals surface area contributed by atoms with Crippen molar-refractivity contribution in [1.82, 2.24) is 0 Å². The molecule has 2 aromatic carbocycles. The van der Waals surface area contributed by atoms with Crippen molar-refractivity contribution in [3.8, 4) is 0 Å². The molecule has 0 atom stereocenters. The SMILES string of the molecule is CCc1ccccc1NC(=O)CNc1c(C)cccc1CC. The minimum atomic E-state index is -0.0220. The van der Waals surface area contributed by atoms with E-state index in [0.717, 1.165) is 29.8 Å². The van der Waals surface area contributed by atoms with Crippen molar-refractivity contribution in [2.75, 3.05) is 17.2 Å². The summed E-state index contributed by atoms with van der Waals surface area (Å²) in [6, 6.07) is 14.1. The fourth-order valence-corrected chi connectivity index (χ4v) is 2.59. The van der Waals surface area contributed by atoms with Gasteiger partial charge in [0.25, 0.3) is 0 Å². The molecule has 0 spiro atoms. The molecule has 0 bridgehead atoms. The number of anilines is 2. The lowest BCUT2D eigenvalue weighted by Crippen LogP contribution is -2.23. The number of carbonyl (C=O) groups excluding carboxylic acids is 1. The van der Waals surface area contributed by atoms with E-state index in [-0.39, 0.29) is 12.5 Å². The maximum Gasteiger partial charge on any atom is 0.243 e. The third kappa shape index (κ3) is 3.88. The van der Waals surface area contributed by atoms with Crippen LogP contribution < -0.4 is 10.6 Å². The molecule has 2 aromatic rings. The first kappa shape index (κ1) is 16.1. The molecule has 3 nitrogen and oxygen atoms in total. The van der Waals surface area contributed by atoms with Crippen LogP contribution in [0.5, 0.6) is 0 Å². The Morgan fingerprint density at radius 3 is 2.36 bits per heavy atom. The fourth-order valence-electron chi connectivity index (χ4n) is 2.59. The van der Waals surface area contributed by atoms with E-state index < -0.39 is 0 Å². The van der Waals surface area contributed by atoms with Gasteiger partial charge in [-0.3, -0.25) is 4.79 Å². The normalized spacial score (nSPS) is 10.3. The fraction of sp³-hybridized carbons (Fsp3) is 0.316. The number of aryl methyl sites for hydroxylation is 3. The van der Waals surface area contributed by atoms with Crippen molar-refractivity contribution in [1.29, 1.82) is 0 Å². The zero-order valence-corrected chi connectivity index (χ0v) is 13.6. The number of rotatable bonds is 6. The molecule has 0 aliphatic rings. The first-order valence-corrected chi connectivity index (χ1v) is 7.85. The summed E-state index contributed by atoms with van der Waals surface area (Å²) in [7, 11) is 0. The van der Waals surface area contributed by atoms with Gasteiger partial charge in [0.1, 0.15) is 0 Å². The molecule has 0 heterocycles. The zero-order chi connectivity index (χ0) is 15.9. The molecular formula is C19H24N2O. The highest BCUT2D eigenvalue weighted by atomic mass is 16.1. The van der Waals surface area contributed by atoms with Crippen LogP contribution in [0, 0.1) is 6.92 Å². The van der Waals surface area contributed by atoms with E-state index in [0.29, 0.717) is 0 Å². The van der Waals surface area contributed by atoms with E-state index in [2.05, 4.69) is 49.6 Å². The molecule has 0 aliphatic heterocycles. The van der Waals surface area contributed by atoms with E-state index >= 15 is 0 Å². The van der Waals surface area contributed by atoms with Crippen LogP contribution in [0.25, 0.3) is 0 Å². The predicted molar refractivity (Wildman–Crippen MR) is 93.5 cm³/mol. The topological polar surface area (TPSA) is 41.1 Å². The number of benzene rings is 2. The van der Waals surface area contributed by atoms with Gasteiger partial charge >= 0.3 is 0 Å². The quantitative estimate of drug-likeness (QED) is 0.840. The summed E-state index contributed by atoms with van der Waals surface area (Å²) >= 11 is 0. The van der Waals surface area contributed by atoms with Crippen LogP contribution in [-0.4, -0.2) is 12.5 Å². The van der Waals surface area contributed by atoms with E-state index in [9.17, 15) is 4.79 Å². The van der Waals surface area contributed by atoms with Crippen LogP contribution >= 0.6 is 0 Å². The van der Waals surface area contributed by atoms with E-state index in [4.69, 9.17) is 0 Å². The number of amides is 1. The van der Waals surface area contributed by atoms with Gasteiger partial charge in [-0.25, -0.2) is 0 Å². The molecule has 2 N–H and O–H groups in total. The molecule has 1 amide bonds. The first-order valence-electron chi connectivity index (χ1n) is 7.85. The molecule has 22 heavy (non-hydrogen) atoms. The van der Waals surface area contributed by atoms with Crippen LogP contribution in [0.3, 0.4) is 0 Å². The molecule has 0 unspecified atom stereocenters. The molecule has 2 rings (SSSR count). The van der Waals surface area contributed by atoms with Gasteiger partial charge in [0.2, 0.25) is 5.91 Å². The third-order valence-electron chi connectivity index (χ3n) is 3.84. The Morgan fingerprint density at radius 1 is 0.955 bits per heavy atom. The number of hydrogen-bond donors (Lipinski definition) is 2. The van der Waals surface area contributed by atoms with Crippen LogP contribution in [-0.2, 0) is 17.6 Å². The first-order chi connectivity index (χ1) is 10.7. The largest absolute Gasteiger partial charge is 0.376 e. The Balaban J connectivity index is 2.02. The predicted octanol–water partition coefficient (Wildman–Crippen LogP) is 4.17. The Kier molecular flexibility index (Phi) is 5.59. The standard InChI is InChI=1S/C19H24N2O/c1-4-15-10-6-7-12-17(15)21-18(22)13-20-19-14(3)9-8-11-16(19)5-2/h6-12,20H,4-5,13H2,1-3H3,(H,21,22). The Labute approximate surface area is 132 Å². The second kappa shape index (κ2) is 7.64. The zero-order valence-electron chi connectivity index (χ0n) is 13.6. The van der Waals surface area contributed by atoms with Crippen molar-refractivity contribution < 1.29 is 4.79 Å². The summed E-state index contributed by atoms with van der Waals surface area (Å²) in [5.74, 6) is -0.0220. The minimum Gasteiger partial charge on any atom is -0.376 e. The monoisotopic (exact) mass is 296 g/mol. The highest BCUT2D eigenvalue weighted by molar-refractivity contribution is 5.94. The molecule has 0 fully saturated rings. The Morgan fingerprint density at radius 2 is 1.64 bits per heavy atom. The molecule has 0 radical (unpaired) electrons. The van der Waals surface area contributed by atoms with Crippen LogP contribution in [0.15, 0.2) is 42.5 Å². The van der Waals surface area contributed by atoms with Crippen molar-refractivity contribution in [2.24, 2.45) is 0 Å². The van der Waals surface area contributed by atoms with Gasteiger partial charge in [-0.2, -0.15) is 0 Å². The summed E-state index contributed by atoms with van der Waals surface area (Å²) < 4.78 is 0. The number of hydrogen-bond acceptors (Lipinski definition) is 2. The summed E-state index contributed by atoms with van der Waals surface area (Å²) in [5.41, 5.74) is 5.53. The third-order valence-corrected chi connectivity index (χ3v) is 3.84. The Hall–Kier alpha value is -2.29. The molecule has 0 saturated heterocycles. The van der Waals surface area contributed by atoms with Crippen LogP contribution in [0.2, 0.25) is 0 Å². The van der Waals surface area contributed by atoms with Crippen LogP contribution in [0.1, 0.15) is 30.5 Å². The number of para-hydroxylation sites is 2. The molecule has 0 saturated carbocycles. The average Bonchev–Trinajstić information content (AvgIpc) is 2.54. The average molecular weight is 296 g/mol. The van der Waals surface area contributed by atoms with Crippen LogP contribution in [0.4, 0.5) is 11.4 Å². The summed E-state index contributed by atoms with van der Waals surface area (Å²) in [6.45, 7) is 6.54. The maximum absolute atomic E-state index is 12.2. The van der Waals surface area contributed by atoms with E-state index in [1.54, 1.807) is 0 Å². The molecular weight excluding hydrogens is 272 g/mol. The minimum absolute atomic E-state index is 0.0220. The lowest BCUT2D eigenvalue weighted by molar-refractivity contribution is -0.114. The van der Waals surface area contributed by atoms with Crippen molar-refractivity contribution in [2.45, 2.75) is 33.6 Å². The lowest BCUT2D eigenvalue weighted by atomic mass is 10.1. The van der Waals surface area contributed by atoms with Gasteiger partial charge in [0.05, 0.1) is 6.54 Å². The molecule has 0 aliphatic carbocycles. The molecule has 3 heteroatoms. The highest BCUT2D eigenvalue weighted by Crippen LogP contribution is 2.21.